The normalized spacial score (nSPS) is 17.2. The lowest BCUT2D eigenvalue weighted by atomic mass is 9.94. The van der Waals surface area contributed by atoms with Gasteiger partial charge in [0.25, 0.3) is 0 Å². The molecule has 0 aromatic heterocycles. The minimum atomic E-state index is -0.650. The van der Waals surface area contributed by atoms with Crippen LogP contribution in [0, 0.1) is 0 Å². The number of carbonyl (C=O) groups is 3. The molecular weight excluding hydrogens is 334 g/mol. The lowest BCUT2D eigenvalue weighted by Gasteiger charge is -2.33. The number of anilines is 1. The Morgan fingerprint density at radius 1 is 1.35 bits per heavy atom. The van der Waals surface area contributed by atoms with Crippen molar-refractivity contribution >= 4 is 23.6 Å². The lowest BCUT2D eigenvalue weighted by Crippen LogP contribution is -2.46. The highest BCUT2D eigenvalue weighted by Crippen LogP contribution is 2.32. The lowest BCUT2D eigenvalue weighted by molar-refractivity contribution is -0.143. The molecule has 1 heterocycles. The van der Waals surface area contributed by atoms with Gasteiger partial charge in [-0.15, -0.1) is 0 Å². The SMILES string of the molecule is CCC(=O)Nc1cccc([C@@H]2NC(=O)N(C)C(C)=C2C(=O)OC(C)C)c1. The van der Waals surface area contributed by atoms with Crippen LogP contribution in [0.1, 0.15) is 45.7 Å². The Kier molecular flexibility index (Phi) is 6.02. The van der Waals surface area contributed by atoms with Crippen LogP contribution < -0.4 is 10.6 Å². The first-order valence-electron chi connectivity index (χ1n) is 8.60. The van der Waals surface area contributed by atoms with Gasteiger partial charge < -0.3 is 20.3 Å². The molecule has 2 rings (SSSR count). The van der Waals surface area contributed by atoms with Gasteiger partial charge in [-0.2, -0.15) is 0 Å². The van der Waals surface area contributed by atoms with E-state index >= 15 is 0 Å². The Balaban J connectivity index is 2.44. The molecule has 2 N–H and O–H groups in total. The number of esters is 1. The standard InChI is InChI=1S/C19H25N3O4/c1-6-15(23)20-14-9-7-8-13(10-14)17-16(18(24)26-11(2)3)12(4)22(5)19(25)21-17/h7-11,17H,6H2,1-5H3,(H,20,23)(H,21,25)/t17-/m0/s1. The van der Waals surface area contributed by atoms with Crippen LogP contribution in [-0.2, 0) is 14.3 Å². The molecule has 1 atom stereocenters. The zero-order valence-corrected chi connectivity index (χ0v) is 15.8. The Bertz CT molecular complexity index is 755. The third-order valence-corrected chi connectivity index (χ3v) is 4.14. The van der Waals surface area contributed by atoms with Crippen molar-refractivity contribution in [3.05, 3.63) is 41.1 Å². The second-order valence-electron chi connectivity index (χ2n) is 6.42. The van der Waals surface area contributed by atoms with Crippen molar-refractivity contribution in [2.45, 2.75) is 46.3 Å². The molecule has 0 fully saturated rings. The van der Waals surface area contributed by atoms with Gasteiger partial charge in [-0.05, 0) is 38.5 Å². The molecule has 1 aromatic carbocycles. The van der Waals surface area contributed by atoms with E-state index in [0.717, 1.165) is 0 Å². The van der Waals surface area contributed by atoms with E-state index in [1.165, 1.54) is 4.90 Å². The second kappa shape index (κ2) is 8.03. The van der Waals surface area contributed by atoms with E-state index in [2.05, 4.69) is 10.6 Å². The molecule has 0 saturated heterocycles. The van der Waals surface area contributed by atoms with Gasteiger partial charge in [0.05, 0.1) is 17.7 Å². The van der Waals surface area contributed by atoms with E-state index in [4.69, 9.17) is 4.74 Å². The summed E-state index contributed by atoms with van der Waals surface area (Å²) in [5.74, 6) is -0.585. The van der Waals surface area contributed by atoms with Crippen molar-refractivity contribution in [3.63, 3.8) is 0 Å². The number of nitrogens with one attached hydrogen (secondary N) is 2. The predicted octanol–water partition coefficient (Wildman–Crippen LogP) is 2.96. The molecule has 0 spiro atoms. The molecule has 1 aromatic rings. The molecule has 0 aliphatic carbocycles. The monoisotopic (exact) mass is 359 g/mol. The molecule has 3 amide bonds. The minimum absolute atomic E-state index is 0.110. The highest BCUT2D eigenvalue weighted by Gasteiger charge is 2.35. The van der Waals surface area contributed by atoms with Gasteiger partial charge in [0.1, 0.15) is 0 Å². The smallest absolute Gasteiger partial charge is 0.338 e. The number of allylic oxidation sites excluding steroid dienone is 1. The summed E-state index contributed by atoms with van der Waals surface area (Å²) in [4.78, 5) is 37.9. The van der Waals surface area contributed by atoms with Crippen LogP contribution in [0.5, 0.6) is 0 Å². The zero-order valence-electron chi connectivity index (χ0n) is 15.8. The van der Waals surface area contributed by atoms with Crippen LogP contribution in [0.3, 0.4) is 0 Å². The largest absolute Gasteiger partial charge is 0.459 e. The van der Waals surface area contributed by atoms with Crippen LogP contribution in [0.25, 0.3) is 0 Å². The average molecular weight is 359 g/mol. The Hall–Kier alpha value is -2.83. The molecule has 0 bridgehead atoms. The molecule has 0 saturated carbocycles. The van der Waals surface area contributed by atoms with Crippen molar-refractivity contribution in [3.8, 4) is 0 Å². The van der Waals surface area contributed by atoms with Gasteiger partial charge >= 0.3 is 12.0 Å². The van der Waals surface area contributed by atoms with Crippen molar-refractivity contribution in [1.29, 1.82) is 0 Å². The third-order valence-electron chi connectivity index (χ3n) is 4.14. The van der Waals surface area contributed by atoms with Crippen molar-refractivity contribution < 1.29 is 19.1 Å². The summed E-state index contributed by atoms with van der Waals surface area (Å²) in [6.07, 6.45) is 0.0849. The summed E-state index contributed by atoms with van der Waals surface area (Å²) < 4.78 is 5.36. The topological polar surface area (TPSA) is 87.7 Å². The molecule has 1 aliphatic heterocycles. The second-order valence-corrected chi connectivity index (χ2v) is 6.42. The van der Waals surface area contributed by atoms with Gasteiger partial charge in [-0.1, -0.05) is 19.1 Å². The molecule has 26 heavy (non-hydrogen) atoms. The van der Waals surface area contributed by atoms with Crippen LogP contribution in [-0.4, -0.2) is 36.0 Å². The maximum absolute atomic E-state index is 12.6. The van der Waals surface area contributed by atoms with Gasteiger partial charge in [0, 0.05) is 24.9 Å². The van der Waals surface area contributed by atoms with E-state index in [1.807, 2.05) is 0 Å². The number of rotatable bonds is 5. The van der Waals surface area contributed by atoms with Crippen LogP contribution in [0.15, 0.2) is 35.5 Å². The predicted molar refractivity (Wildman–Crippen MR) is 98.3 cm³/mol. The summed E-state index contributed by atoms with van der Waals surface area (Å²) >= 11 is 0. The number of amides is 3. The fraction of sp³-hybridized carbons (Fsp3) is 0.421. The first-order chi connectivity index (χ1) is 12.2. The Labute approximate surface area is 153 Å². The van der Waals surface area contributed by atoms with Gasteiger partial charge in [-0.25, -0.2) is 9.59 Å². The minimum Gasteiger partial charge on any atom is -0.459 e. The van der Waals surface area contributed by atoms with Crippen molar-refractivity contribution in [1.82, 2.24) is 10.2 Å². The summed E-state index contributed by atoms with van der Waals surface area (Å²) in [6, 6.07) is 6.12. The third kappa shape index (κ3) is 4.22. The first kappa shape index (κ1) is 19.5. The van der Waals surface area contributed by atoms with Crippen molar-refractivity contribution in [2.75, 3.05) is 12.4 Å². The van der Waals surface area contributed by atoms with Crippen LogP contribution in [0.2, 0.25) is 0 Å². The van der Waals surface area contributed by atoms with E-state index < -0.39 is 12.0 Å². The van der Waals surface area contributed by atoms with Crippen LogP contribution in [0.4, 0.5) is 10.5 Å². The maximum atomic E-state index is 12.6. The van der Waals surface area contributed by atoms with Gasteiger partial charge in [0.15, 0.2) is 0 Å². The molecule has 0 unspecified atom stereocenters. The van der Waals surface area contributed by atoms with Gasteiger partial charge in [-0.3, -0.25) is 4.79 Å². The molecule has 7 heteroatoms. The molecule has 7 nitrogen and oxygen atoms in total. The number of hydrogen-bond donors (Lipinski definition) is 2. The average Bonchev–Trinajstić information content (AvgIpc) is 2.58. The van der Waals surface area contributed by atoms with Crippen LogP contribution >= 0.6 is 0 Å². The first-order valence-corrected chi connectivity index (χ1v) is 8.60. The highest BCUT2D eigenvalue weighted by atomic mass is 16.5. The fourth-order valence-corrected chi connectivity index (χ4v) is 2.67. The number of ether oxygens (including phenoxy) is 1. The fourth-order valence-electron chi connectivity index (χ4n) is 2.67. The number of hydrogen-bond acceptors (Lipinski definition) is 4. The zero-order chi connectivity index (χ0) is 19.4. The maximum Gasteiger partial charge on any atom is 0.338 e. The molecular formula is C19H25N3O4. The quantitative estimate of drug-likeness (QED) is 0.791. The number of carbonyl (C=O) groups excluding carboxylic acids is 3. The molecule has 140 valence electrons. The summed E-state index contributed by atoms with van der Waals surface area (Å²) in [6.45, 7) is 7.03. The molecule has 0 radical (unpaired) electrons. The summed E-state index contributed by atoms with van der Waals surface area (Å²) in [7, 11) is 1.60. The van der Waals surface area contributed by atoms with E-state index in [-0.39, 0.29) is 18.0 Å². The van der Waals surface area contributed by atoms with E-state index in [0.29, 0.717) is 28.9 Å². The summed E-state index contributed by atoms with van der Waals surface area (Å²) in [5, 5.41) is 5.61. The van der Waals surface area contributed by atoms with Crippen molar-refractivity contribution in [2.24, 2.45) is 0 Å². The Morgan fingerprint density at radius 3 is 2.65 bits per heavy atom. The Morgan fingerprint density at radius 2 is 2.04 bits per heavy atom. The number of nitrogens with zero attached hydrogens (tertiary/aromatic N) is 1. The number of benzene rings is 1. The number of urea groups is 1. The highest BCUT2D eigenvalue weighted by molar-refractivity contribution is 5.95. The van der Waals surface area contributed by atoms with E-state index in [1.54, 1.807) is 59.0 Å². The molecule has 1 aliphatic rings. The van der Waals surface area contributed by atoms with E-state index in [9.17, 15) is 14.4 Å². The van der Waals surface area contributed by atoms with Gasteiger partial charge in [0.2, 0.25) is 5.91 Å². The summed E-state index contributed by atoms with van der Waals surface area (Å²) in [5.41, 5.74) is 2.21.